The lowest BCUT2D eigenvalue weighted by Gasteiger charge is -2.44. The Morgan fingerprint density at radius 3 is 1.18 bits per heavy atom. The Balaban J connectivity index is 1.20. The molecule has 0 saturated heterocycles. The summed E-state index contributed by atoms with van der Waals surface area (Å²) >= 11 is 0. The first-order valence-corrected chi connectivity index (χ1v) is 40.4. The van der Waals surface area contributed by atoms with Gasteiger partial charge in [0.05, 0.1) is 41.0 Å². The highest BCUT2D eigenvalue weighted by Crippen LogP contribution is 2.55. The van der Waals surface area contributed by atoms with Gasteiger partial charge in [-0.15, -0.1) is 0 Å². The van der Waals surface area contributed by atoms with Crippen molar-refractivity contribution in [3.05, 3.63) is 189 Å². The predicted molar refractivity (Wildman–Crippen MR) is 463 cm³/mol. The van der Waals surface area contributed by atoms with Crippen molar-refractivity contribution in [2.75, 3.05) is 13.2 Å². The average molecular weight is 1450 g/mol. The number of benzene rings is 7. The van der Waals surface area contributed by atoms with E-state index < -0.39 is 11.8 Å². The Kier molecular flexibility index (Phi) is 21.5. The monoisotopic (exact) mass is 1450 g/mol. The third kappa shape index (κ3) is 17.7. The van der Waals surface area contributed by atoms with E-state index >= 15 is 5.11 Å². The Morgan fingerprint density at radius 2 is 0.766 bits per heavy atom. The lowest BCUT2D eigenvalue weighted by molar-refractivity contribution is -0.179. The molecule has 1 aliphatic rings. The van der Waals surface area contributed by atoms with E-state index in [1.807, 2.05) is 0 Å². The molecule has 10 rings (SSSR count). The number of aliphatic hydroxyl groups is 1. The fraction of sp³-hybridized carbons (Fsp3) is 0.545. The van der Waals surface area contributed by atoms with Crippen LogP contribution in [0.1, 0.15) is 315 Å². The molecule has 2 N–H and O–H groups in total. The lowest BCUT2D eigenvalue weighted by atomic mass is 9.68. The van der Waals surface area contributed by atoms with E-state index in [1.165, 1.54) is 39.0 Å². The van der Waals surface area contributed by atoms with Crippen molar-refractivity contribution < 1.29 is 19.7 Å². The van der Waals surface area contributed by atoms with Gasteiger partial charge in [-0.05, 0) is 209 Å². The minimum absolute atomic E-state index is 0.00517. The molecule has 0 radical (unpaired) electrons. The molecule has 0 aliphatic heterocycles. The fourth-order valence-electron chi connectivity index (χ4n) is 18.8. The third-order valence-electron chi connectivity index (χ3n) is 22.9. The van der Waals surface area contributed by atoms with E-state index in [9.17, 15) is 5.11 Å². The molecule has 7 aromatic carbocycles. The molecule has 2 aromatic heterocycles. The van der Waals surface area contributed by atoms with Crippen LogP contribution < -0.4 is 4.74 Å². The maximum absolute atomic E-state index is 15.0. The number of rotatable bonds is 18. The number of ether oxygens (including phenoxy) is 2. The van der Waals surface area contributed by atoms with Crippen LogP contribution in [0.4, 0.5) is 0 Å². The van der Waals surface area contributed by atoms with Crippen LogP contribution in [0.5, 0.6) is 11.5 Å². The van der Waals surface area contributed by atoms with E-state index in [2.05, 4.69) is 372 Å². The maximum atomic E-state index is 15.0. The standard InChI is InChI=1S/C101H140N2O4/c1-63-46-65(49-70(47-63)97(27,28)59-89(3,4)5)80-52-73(100(33,34)62-92(12,13)14)58-86(103-83-55-68(95(21,22)23)38-42-76(83)77-43-39-69(56-84(77)103)96(24,25)26)101(80,105)107-45-35-44-106-88-64(2)48-71(98(29,30)60-90(6,7)8)51-79(88)78-50-72(99(31,32)61-91(9,10)11)57-85(87(78)104)102-81-53-66(93(15,16)17)36-40-74(81)75-41-37-67(54-82(75)102)94(18,19)20/h36-43,46-58,86,104-105H,35,44-45,59-62H2,1-34H3. The van der Waals surface area contributed by atoms with Crippen LogP contribution >= 0.6 is 0 Å². The highest BCUT2D eigenvalue weighted by Gasteiger charge is 2.49. The highest BCUT2D eigenvalue weighted by molar-refractivity contribution is 6.11. The van der Waals surface area contributed by atoms with Crippen molar-refractivity contribution in [2.24, 2.45) is 27.1 Å². The van der Waals surface area contributed by atoms with Gasteiger partial charge in [0.2, 0.25) is 5.79 Å². The molecular weight excluding hydrogens is 1310 g/mol. The van der Waals surface area contributed by atoms with Gasteiger partial charge in [0, 0.05) is 44.7 Å². The van der Waals surface area contributed by atoms with Gasteiger partial charge in [-0.25, -0.2) is 0 Å². The number of aryl methyl sites for hydroxylation is 2. The summed E-state index contributed by atoms with van der Waals surface area (Å²) in [5.41, 5.74) is 18.5. The minimum atomic E-state index is -1.91. The smallest absolute Gasteiger partial charge is 0.218 e. The zero-order chi connectivity index (χ0) is 79.9. The Bertz CT molecular complexity index is 4760. The van der Waals surface area contributed by atoms with Gasteiger partial charge in [-0.1, -0.05) is 306 Å². The zero-order valence-corrected chi connectivity index (χ0v) is 73.3. The molecular formula is C101H140N2O4. The van der Waals surface area contributed by atoms with Crippen LogP contribution in [-0.4, -0.2) is 38.3 Å². The van der Waals surface area contributed by atoms with Crippen molar-refractivity contribution in [1.29, 1.82) is 0 Å². The topological polar surface area (TPSA) is 68.8 Å². The van der Waals surface area contributed by atoms with Gasteiger partial charge in [0.15, 0.2) is 0 Å². The first-order valence-electron chi connectivity index (χ1n) is 40.4. The van der Waals surface area contributed by atoms with Gasteiger partial charge in [0.1, 0.15) is 17.5 Å². The first-order chi connectivity index (χ1) is 48.6. The fourth-order valence-corrected chi connectivity index (χ4v) is 18.8. The Hall–Kier alpha value is -6.86. The molecule has 2 heterocycles. The van der Waals surface area contributed by atoms with Crippen molar-refractivity contribution in [3.8, 4) is 28.3 Å². The van der Waals surface area contributed by atoms with E-state index in [4.69, 9.17) is 9.47 Å². The summed E-state index contributed by atoms with van der Waals surface area (Å²) in [6.45, 7) is 79.4. The summed E-state index contributed by atoms with van der Waals surface area (Å²) in [6.07, 6.45) is 8.86. The molecule has 0 bridgehead atoms. The van der Waals surface area contributed by atoms with E-state index in [-0.39, 0.29) is 83.9 Å². The first kappa shape index (κ1) is 82.6. The summed E-state index contributed by atoms with van der Waals surface area (Å²) in [7, 11) is 0. The van der Waals surface area contributed by atoms with Crippen molar-refractivity contribution in [3.63, 3.8) is 0 Å². The molecule has 578 valence electrons. The number of allylic oxidation sites excluding steroid dienone is 2. The van der Waals surface area contributed by atoms with Crippen LogP contribution in [0.15, 0.2) is 133 Å². The zero-order valence-electron chi connectivity index (χ0n) is 73.3. The Morgan fingerprint density at radius 1 is 0.393 bits per heavy atom. The molecule has 2 unspecified atom stereocenters. The molecule has 0 amide bonds. The second kappa shape index (κ2) is 27.9. The molecule has 1 aliphatic carbocycles. The van der Waals surface area contributed by atoms with Crippen LogP contribution in [0.3, 0.4) is 0 Å². The van der Waals surface area contributed by atoms with Crippen molar-refractivity contribution >= 4 is 49.2 Å². The number of aromatic nitrogens is 2. The quantitative estimate of drug-likeness (QED) is 0.0664. The van der Waals surface area contributed by atoms with Crippen molar-refractivity contribution in [1.82, 2.24) is 9.13 Å². The molecule has 6 heteroatoms. The SMILES string of the molecule is Cc1cc(C2=CC(C(C)(C)CC(C)(C)C)=CC(n3c4cc(C(C)(C)C)ccc4c4ccc(C(C)(C)C)cc43)C2(O)OCCCOc2c(C)cc(C(C)(C)CC(C)(C)C)cc2-c2cc(C(C)(C)CC(C)(C)C)cc(-n3c4cc(C(C)(C)C)ccc4c4ccc(C(C)(C)C)cc43)c2O)cc(C(C)(C)CC(C)(C)C)c1. The number of aromatic hydroxyl groups is 1. The Labute approximate surface area is 648 Å². The molecule has 6 nitrogen and oxygen atoms in total. The summed E-state index contributed by atoms with van der Waals surface area (Å²) in [5.74, 6) is -0.978. The number of nitrogens with zero attached hydrogens (tertiary/aromatic N) is 2. The van der Waals surface area contributed by atoms with E-state index in [0.717, 1.165) is 120 Å². The average Bonchev–Trinajstić information content (AvgIpc) is 1.62. The number of hydrogen-bond acceptors (Lipinski definition) is 4. The predicted octanol–water partition coefficient (Wildman–Crippen LogP) is 28.4. The number of phenolic OH excluding ortho intramolecular Hbond substituents is 1. The van der Waals surface area contributed by atoms with Gasteiger partial charge in [-0.3, -0.25) is 0 Å². The van der Waals surface area contributed by atoms with E-state index in [1.54, 1.807) is 0 Å². The molecule has 0 saturated carbocycles. The van der Waals surface area contributed by atoms with Crippen LogP contribution in [0.25, 0.3) is 66.0 Å². The minimum Gasteiger partial charge on any atom is -0.505 e. The van der Waals surface area contributed by atoms with E-state index in [0.29, 0.717) is 6.42 Å². The number of fused-ring (bicyclic) bond motifs is 6. The number of hydrogen-bond donors (Lipinski definition) is 2. The van der Waals surface area contributed by atoms with Crippen LogP contribution in [-0.2, 0) is 42.6 Å². The van der Waals surface area contributed by atoms with Crippen LogP contribution in [0.2, 0.25) is 0 Å². The number of phenols is 1. The second-order valence-electron chi connectivity index (χ2n) is 44.6. The summed E-state index contributed by atoms with van der Waals surface area (Å²) in [4.78, 5) is 0. The van der Waals surface area contributed by atoms with Gasteiger partial charge in [0.25, 0.3) is 0 Å². The van der Waals surface area contributed by atoms with Crippen LogP contribution in [0, 0.1) is 40.9 Å². The molecule has 107 heavy (non-hydrogen) atoms. The summed E-state index contributed by atoms with van der Waals surface area (Å²) < 4.78 is 20.0. The normalized spacial score (nSPS) is 16.8. The maximum Gasteiger partial charge on any atom is 0.218 e. The molecule has 9 aromatic rings. The highest BCUT2D eigenvalue weighted by atomic mass is 16.6. The molecule has 2 atom stereocenters. The molecule has 0 spiro atoms. The van der Waals surface area contributed by atoms with Gasteiger partial charge in [-0.2, -0.15) is 0 Å². The summed E-state index contributed by atoms with van der Waals surface area (Å²) in [6, 6.07) is 43.4. The lowest BCUT2D eigenvalue weighted by Crippen LogP contribution is -2.45. The molecule has 0 fully saturated rings. The summed E-state index contributed by atoms with van der Waals surface area (Å²) in [5, 5.41) is 33.6. The second-order valence-corrected chi connectivity index (χ2v) is 44.6. The third-order valence-corrected chi connectivity index (χ3v) is 22.9. The largest absolute Gasteiger partial charge is 0.505 e. The van der Waals surface area contributed by atoms with Gasteiger partial charge >= 0.3 is 0 Å². The van der Waals surface area contributed by atoms with Crippen molar-refractivity contribution in [2.45, 2.75) is 317 Å². The van der Waals surface area contributed by atoms with Gasteiger partial charge < -0.3 is 28.8 Å².